The molecule has 5 nitrogen and oxygen atoms in total. The van der Waals surface area contributed by atoms with Crippen molar-refractivity contribution in [1.82, 2.24) is 0 Å². The Balaban J connectivity index is 2.59. The zero-order chi connectivity index (χ0) is 19.1. The predicted molar refractivity (Wildman–Crippen MR) is 105 cm³/mol. The molecule has 0 aromatic heterocycles. The fourth-order valence-electron chi connectivity index (χ4n) is 2.96. The van der Waals surface area contributed by atoms with Gasteiger partial charge in [0.15, 0.2) is 0 Å². The van der Waals surface area contributed by atoms with Crippen LogP contribution in [0.2, 0.25) is 0 Å². The molecule has 0 bridgehead atoms. The molecule has 1 rings (SSSR count). The summed E-state index contributed by atoms with van der Waals surface area (Å²) in [6.45, 7) is 2.23. The molecule has 0 N–H and O–H groups in total. The zero-order valence-electron chi connectivity index (χ0n) is 17.0. The summed E-state index contributed by atoms with van der Waals surface area (Å²) in [6, 6.07) is 5.84. The first-order valence-electron chi connectivity index (χ1n) is 9.35. The topological polar surface area (TPSA) is 43.1 Å². The van der Waals surface area contributed by atoms with Crippen molar-refractivity contribution in [1.29, 1.82) is 0 Å². The second kappa shape index (κ2) is 9.30. The molecule has 0 atom stereocenters. The monoisotopic (exact) mass is 351 g/mol. The quantitative estimate of drug-likeness (QED) is 0.264. The molecule has 0 unspecified atom stereocenters. The number of nitro benzene ring substituents is 1. The molecule has 0 aliphatic heterocycles. The van der Waals surface area contributed by atoms with Gasteiger partial charge < -0.3 is 8.97 Å². The van der Waals surface area contributed by atoms with Crippen molar-refractivity contribution < 1.29 is 13.9 Å². The van der Waals surface area contributed by atoms with Gasteiger partial charge >= 0.3 is 0 Å². The van der Waals surface area contributed by atoms with Crippen LogP contribution in [0.3, 0.4) is 0 Å². The second-order valence-corrected chi connectivity index (χ2v) is 9.16. The molecular weight excluding hydrogens is 314 g/mol. The number of aryl methyl sites for hydroxylation is 2. The summed E-state index contributed by atoms with van der Waals surface area (Å²) in [5.74, 6) is 0. The van der Waals surface area contributed by atoms with Gasteiger partial charge in [0.25, 0.3) is 5.69 Å². The highest BCUT2D eigenvalue weighted by Crippen LogP contribution is 2.23. The number of rotatable bonds is 11. The number of nitrogens with zero attached hydrogens (tertiary/aromatic N) is 3. The molecule has 0 spiro atoms. The van der Waals surface area contributed by atoms with Gasteiger partial charge in [-0.15, -0.1) is 0 Å². The molecule has 0 saturated carbocycles. The van der Waals surface area contributed by atoms with E-state index in [1.807, 2.05) is 6.07 Å². The van der Waals surface area contributed by atoms with Crippen molar-refractivity contribution in [3.8, 4) is 0 Å². The Morgan fingerprint density at radius 2 is 1.36 bits per heavy atom. The molecule has 25 heavy (non-hydrogen) atoms. The van der Waals surface area contributed by atoms with Gasteiger partial charge in [0, 0.05) is 11.6 Å². The Kier molecular flexibility index (Phi) is 8.03. The van der Waals surface area contributed by atoms with Crippen molar-refractivity contribution in [3.05, 3.63) is 39.4 Å². The summed E-state index contributed by atoms with van der Waals surface area (Å²) in [5, 5.41) is 11.4. The number of benzene rings is 1. The molecule has 0 aliphatic carbocycles. The summed E-state index contributed by atoms with van der Waals surface area (Å²) in [4.78, 5) is 11.2. The van der Waals surface area contributed by atoms with E-state index in [0.29, 0.717) is 5.69 Å². The molecule has 0 heterocycles. The lowest BCUT2D eigenvalue weighted by Gasteiger charge is -2.23. The van der Waals surface area contributed by atoms with E-state index in [-0.39, 0.29) is 4.92 Å². The van der Waals surface area contributed by atoms with E-state index in [1.165, 1.54) is 0 Å². The minimum Gasteiger partial charge on any atom is -0.331 e. The van der Waals surface area contributed by atoms with Gasteiger partial charge in [-0.05, 0) is 44.1 Å². The van der Waals surface area contributed by atoms with E-state index in [4.69, 9.17) is 0 Å². The van der Waals surface area contributed by atoms with Crippen molar-refractivity contribution in [2.45, 2.75) is 38.5 Å². The molecule has 1 aromatic carbocycles. The summed E-state index contributed by atoms with van der Waals surface area (Å²) in [7, 11) is 13.1. The lowest BCUT2D eigenvalue weighted by atomic mass is 10.0. The lowest BCUT2D eigenvalue weighted by Crippen LogP contribution is -2.35. The van der Waals surface area contributed by atoms with Crippen LogP contribution in [0.4, 0.5) is 5.69 Å². The highest BCUT2D eigenvalue weighted by Gasteiger charge is 2.15. The van der Waals surface area contributed by atoms with Crippen molar-refractivity contribution in [3.63, 3.8) is 0 Å². The smallest absolute Gasteiger partial charge is 0.272 e. The number of quaternary nitrogens is 2. The molecule has 0 fully saturated rings. The maximum absolute atomic E-state index is 11.4. The highest BCUT2D eigenvalue weighted by molar-refractivity contribution is 5.43. The van der Waals surface area contributed by atoms with E-state index in [0.717, 1.165) is 71.7 Å². The van der Waals surface area contributed by atoms with Crippen molar-refractivity contribution in [2.24, 2.45) is 0 Å². The third-order valence-corrected chi connectivity index (χ3v) is 4.42. The summed E-state index contributed by atoms with van der Waals surface area (Å²) in [5.41, 5.74) is 2.26. The first-order valence-corrected chi connectivity index (χ1v) is 9.35. The van der Waals surface area contributed by atoms with Crippen LogP contribution < -0.4 is 0 Å². The predicted octanol–water partition coefficient (Wildman–Crippen LogP) is 3.65. The Labute approximate surface area is 153 Å². The van der Waals surface area contributed by atoms with Crippen LogP contribution >= 0.6 is 0 Å². The SMILES string of the molecule is C[N+](C)(C)CCCCc1ccc(CCCC[N+](C)(C)C)c([N+](=O)[O-])c1. The van der Waals surface area contributed by atoms with Gasteiger partial charge in [-0.1, -0.05) is 12.1 Å². The summed E-state index contributed by atoms with van der Waals surface area (Å²) >= 11 is 0. The zero-order valence-corrected chi connectivity index (χ0v) is 17.0. The molecule has 1 aromatic rings. The first kappa shape index (κ1) is 21.6. The number of nitro groups is 1. The molecule has 5 heteroatoms. The van der Waals surface area contributed by atoms with Crippen molar-refractivity contribution >= 4 is 5.69 Å². The van der Waals surface area contributed by atoms with Crippen LogP contribution in [0.25, 0.3) is 0 Å². The molecular formula is C20H37N3O2+2. The largest absolute Gasteiger partial charge is 0.331 e. The lowest BCUT2D eigenvalue weighted by molar-refractivity contribution is -0.870. The van der Waals surface area contributed by atoms with E-state index in [1.54, 1.807) is 6.07 Å². The Hall–Kier alpha value is -1.46. The standard InChI is InChI=1S/C20H37N3O2/c1-22(2,3)15-9-7-11-18-13-14-19(20(17-18)21(24)25)12-8-10-16-23(4,5)6/h13-14,17H,7-12,15-16H2,1-6H3/q+2. The van der Waals surface area contributed by atoms with E-state index < -0.39 is 0 Å². The summed E-state index contributed by atoms with van der Waals surface area (Å²) < 4.78 is 1.90. The molecule has 0 saturated heterocycles. The number of hydrogen-bond donors (Lipinski definition) is 0. The molecule has 142 valence electrons. The van der Waals surface area contributed by atoms with Crippen LogP contribution in [-0.2, 0) is 12.8 Å². The maximum Gasteiger partial charge on any atom is 0.272 e. The van der Waals surface area contributed by atoms with Gasteiger partial charge in [-0.3, -0.25) is 10.1 Å². The highest BCUT2D eigenvalue weighted by atomic mass is 16.6. The van der Waals surface area contributed by atoms with Crippen LogP contribution in [-0.4, -0.2) is 69.3 Å². The third kappa shape index (κ3) is 9.56. The van der Waals surface area contributed by atoms with Gasteiger partial charge in [0.2, 0.25) is 0 Å². The van der Waals surface area contributed by atoms with Gasteiger partial charge in [0.05, 0.1) is 60.3 Å². The Morgan fingerprint density at radius 3 is 1.84 bits per heavy atom. The average Bonchev–Trinajstić information content (AvgIpc) is 2.46. The van der Waals surface area contributed by atoms with Gasteiger partial charge in [-0.2, -0.15) is 0 Å². The maximum atomic E-state index is 11.4. The van der Waals surface area contributed by atoms with E-state index >= 15 is 0 Å². The van der Waals surface area contributed by atoms with E-state index in [2.05, 4.69) is 48.4 Å². The third-order valence-electron chi connectivity index (χ3n) is 4.42. The van der Waals surface area contributed by atoms with Crippen LogP contribution in [0, 0.1) is 10.1 Å². The first-order chi connectivity index (χ1) is 11.5. The average molecular weight is 352 g/mol. The minimum absolute atomic E-state index is 0.218. The normalized spacial score (nSPS) is 12.4. The van der Waals surface area contributed by atoms with Crippen molar-refractivity contribution in [2.75, 3.05) is 55.4 Å². The second-order valence-electron chi connectivity index (χ2n) is 9.16. The Morgan fingerprint density at radius 1 is 0.840 bits per heavy atom. The van der Waals surface area contributed by atoms with Crippen LogP contribution in [0.5, 0.6) is 0 Å². The fraction of sp³-hybridized carbons (Fsp3) is 0.700. The Bertz CT molecular complexity index is 557. The minimum atomic E-state index is -0.218. The fourth-order valence-corrected chi connectivity index (χ4v) is 2.96. The summed E-state index contributed by atoms with van der Waals surface area (Å²) in [6.07, 6.45) is 6.02. The van der Waals surface area contributed by atoms with Crippen LogP contribution in [0.15, 0.2) is 18.2 Å². The number of unbranched alkanes of at least 4 members (excludes halogenated alkanes) is 2. The van der Waals surface area contributed by atoms with Crippen LogP contribution in [0.1, 0.15) is 36.8 Å². The number of hydrogen-bond acceptors (Lipinski definition) is 2. The van der Waals surface area contributed by atoms with Gasteiger partial charge in [0.1, 0.15) is 0 Å². The molecule has 0 amide bonds. The van der Waals surface area contributed by atoms with Gasteiger partial charge in [-0.25, -0.2) is 0 Å². The van der Waals surface area contributed by atoms with E-state index in [9.17, 15) is 10.1 Å². The molecule has 0 radical (unpaired) electrons. The molecule has 0 aliphatic rings.